The van der Waals surface area contributed by atoms with Crippen molar-refractivity contribution in [2.24, 2.45) is 0 Å². The molecule has 0 aliphatic carbocycles. The van der Waals surface area contributed by atoms with Crippen molar-refractivity contribution in [2.75, 3.05) is 46.1 Å². The number of hydrogen-bond donors (Lipinski definition) is 1. The predicted octanol–water partition coefficient (Wildman–Crippen LogP) is 2.14. The van der Waals surface area contributed by atoms with E-state index in [9.17, 15) is 13.2 Å². The van der Waals surface area contributed by atoms with E-state index in [1.54, 1.807) is 42.3 Å². The lowest BCUT2D eigenvalue weighted by molar-refractivity contribution is 0.0340. The number of benzene rings is 2. The number of hydrogen-bond acceptors (Lipinski definition) is 6. The van der Waals surface area contributed by atoms with Gasteiger partial charge in [0.1, 0.15) is 23.7 Å². The topological polar surface area (TPSA) is 97.4 Å². The molecule has 3 rings (SSSR count). The van der Waals surface area contributed by atoms with Crippen LogP contribution in [0.3, 0.4) is 0 Å². The summed E-state index contributed by atoms with van der Waals surface area (Å²) < 4.78 is 44.8. The number of ether oxygens (including phenoxy) is 3. The van der Waals surface area contributed by atoms with Crippen LogP contribution in [-0.2, 0) is 14.9 Å². The molecule has 10 heteroatoms. The lowest BCUT2D eigenvalue weighted by Gasteiger charge is -2.20. The zero-order chi connectivity index (χ0) is 23.5. The van der Waals surface area contributed by atoms with Gasteiger partial charge in [-0.2, -0.15) is 12.7 Å². The quantitative estimate of drug-likeness (QED) is 0.644. The highest BCUT2D eigenvalue weighted by atomic mass is 32.2. The van der Waals surface area contributed by atoms with Crippen molar-refractivity contribution in [3.8, 4) is 11.5 Å². The van der Waals surface area contributed by atoms with Gasteiger partial charge in [0, 0.05) is 27.3 Å². The van der Waals surface area contributed by atoms with Gasteiger partial charge in [-0.15, -0.1) is 0 Å². The van der Waals surface area contributed by atoms with Crippen molar-refractivity contribution in [2.45, 2.75) is 19.1 Å². The van der Waals surface area contributed by atoms with Crippen LogP contribution in [0.4, 0.5) is 5.69 Å². The maximum atomic E-state index is 13.2. The Morgan fingerprint density at radius 1 is 1.09 bits per heavy atom. The highest BCUT2D eigenvalue weighted by Crippen LogP contribution is 2.28. The Morgan fingerprint density at radius 2 is 1.78 bits per heavy atom. The minimum atomic E-state index is -3.63. The Bertz CT molecular complexity index is 1070. The van der Waals surface area contributed by atoms with Crippen LogP contribution in [0.5, 0.6) is 11.5 Å². The molecule has 0 unspecified atom stereocenters. The van der Waals surface area contributed by atoms with Gasteiger partial charge in [-0.25, -0.2) is 0 Å². The zero-order valence-electron chi connectivity index (χ0n) is 18.9. The molecule has 0 spiro atoms. The van der Waals surface area contributed by atoms with Crippen molar-refractivity contribution < 1.29 is 27.4 Å². The minimum Gasteiger partial charge on any atom is -0.496 e. The molecular formula is C22H29N3O6S. The van der Waals surface area contributed by atoms with Crippen LogP contribution in [-0.4, -0.2) is 77.1 Å². The third kappa shape index (κ3) is 5.14. The maximum absolute atomic E-state index is 13.2. The second-order valence-corrected chi connectivity index (χ2v) is 9.59. The molecule has 1 saturated heterocycles. The van der Waals surface area contributed by atoms with Gasteiger partial charge in [-0.05, 0) is 30.7 Å². The third-order valence-electron chi connectivity index (χ3n) is 5.32. The van der Waals surface area contributed by atoms with Crippen LogP contribution in [0.2, 0.25) is 0 Å². The Labute approximate surface area is 189 Å². The summed E-state index contributed by atoms with van der Waals surface area (Å²) in [6.45, 7) is 2.56. The summed E-state index contributed by atoms with van der Waals surface area (Å²) in [5, 5.41) is 0. The molecule has 2 aromatic rings. The Morgan fingerprint density at radius 3 is 2.44 bits per heavy atom. The number of anilines is 1. The largest absolute Gasteiger partial charge is 0.496 e. The molecule has 0 saturated carbocycles. The summed E-state index contributed by atoms with van der Waals surface area (Å²) in [6, 6.07) is 12.1. The molecule has 32 heavy (non-hydrogen) atoms. The lowest BCUT2D eigenvalue weighted by atomic mass is 10.1. The fourth-order valence-electron chi connectivity index (χ4n) is 3.54. The first-order valence-corrected chi connectivity index (χ1v) is 11.5. The summed E-state index contributed by atoms with van der Waals surface area (Å²) in [5.41, 5.74) is 1.72. The SMILES string of the molecule is COc1cccc(C)c1C(=O)N1C[C@@H](OC)[C@H](Oc2cccc(NS(=O)(=O)N(C)C)c2)C1. The van der Waals surface area contributed by atoms with Gasteiger partial charge in [-0.3, -0.25) is 9.52 Å². The Hall–Kier alpha value is -2.82. The number of nitrogens with one attached hydrogen (secondary N) is 1. The van der Waals surface area contributed by atoms with Crippen LogP contribution in [0.25, 0.3) is 0 Å². The van der Waals surface area contributed by atoms with E-state index in [1.807, 2.05) is 19.1 Å². The van der Waals surface area contributed by atoms with E-state index in [0.717, 1.165) is 9.87 Å². The first-order chi connectivity index (χ1) is 15.2. The van der Waals surface area contributed by atoms with Crippen molar-refractivity contribution in [3.05, 3.63) is 53.6 Å². The number of rotatable bonds is 8. The molecule has 2 atom stereocenters. The summed E-state index contributed by atoms with van der Waals surface area (Å²) in [6.07, 6.45) is -0.754. The van der Waals surface area contributed by atoms with E-state index in [-0.39, 0.29) is 12.0 Å². The minimum absolute atomic E-state index is 0.152. The second kappa shape index (κ2) is 9.76. The molecule has 1 aliphatic rings. The summed E-state index contributed by atoms with van der Waals surface area (Å²) >= 11 is 0. The molecule has 1 N–H and O–H groups in total. The molecule has 0 radical (unpaired) electrons. The molecule has 0 bridgehead atoms. The maximum Gasteiger partial charge on any atom is 0.301 e. The van der Waals surface area contributed by atoms with Crippen molar-refractivity contribution in [1.82, 2.24) is 9.21 Å². The fourth-order valence-corrected chi connectivity index (χ4v) is 4.15. The number of nitrogens with zero attached hydrogens (tertiary/aromatic N) is 2. The standard InChI is InChI=1S/C22H29N3O6S/c1-15-8-6-11-18(29-4)21(15)22(26)25-13-19(30-5)20(14-25)31-17-10-7-9-16(12-17)23-32(27,28)24(2)3/h6-12,19-20,23H,13-14H2,1-5H3/t19-,20-/m1/s1. The van der Waals surface area contributed by atoms with Crippen LogP contribution in [0.15, 0.2) is 42.5 Å². The van der Waals surface area contributed by atoms with Gasteiger partial charge >= 0.3 is 10.2 Å². The van der Waals surface area contributed by atoms with E-state index in [2.05, 4.69) is 4.72 Å². The molecule has 1 aliphatic heterocycles. The van der Waals surface area contributed by atoms with Gasteiger partial charge in [0.25, 0.3) is 5.91 Å². The average Bonchev–Trinajstić information content (AvgIpc) is 3.15. The Kier molecular flexibility index (Phi) is 7.27. The van der Waals surface area contributed by atoms with Crippen molar-refractivity contribution in [1.29, 1.82) is 0 Å². The normalized spacial score (nSPS) is 18.6. The molecule has 0 aromatic heterocycles. The summed E-state index contributed by atoms with van der Waals surface area (Å²) in [4.78, 5) is 14.9. The molecule has 174 valence electrons. The van der Waals surface area contributed by atoms with Crippen LogP contribution >= 0.6 is 0 Å². The number of likely N-dealkylation sites (tertiary alicyclic amines) is 1. The van der Waals surface area contributed by atoms with Crippen LogP contribution in [0.1, 0.15) is 15.9 Å². The van der Waals surface area contributed by atoms with E-state index in [4.69, 9.17) is 14.2 Å². The highest BCUT2D eigenvalue weighted by Gasteiger charge is 2.38. The number of carbonyl (C=O) groups is 1. The van der Waals surface area contributed by atoms with Gasteiger partial charge in [-0.1, -0.05) is 18.2 Å². The molecule has 1 amide bonds. The summed E-state index contributed by atoms with van der Waals surface area (Å²) in [5.74, 6) is 0.841. The molecular weight excluding hydrogens is 434 g/mol. The van der Waals surface area contributed by atoms with E-state index < -0.39 is 16.3 Å². The number of carbonyl (C=O) groups excluding carboxylic acids is 1. The van der Waals surface area contributed by atoms with Gasteiger partial charge < -0.3 is 19.1 Å². The zero-order valence-corrected chi connectivity index (χ0v) is 19.7. The van der Waals surface area contributed by atoms with Crippen molar-refractivity contribution in [3.63, 3.8) is 0 Å². The lowest BCUT2D eigenvalue weighted by Crippen LogP contribution is -2.32. The highest BCUT2D eigenvalue weighted by molar-refractivity contribution is 7.90. The molecule has 2 aromatic carbocycles. The predicted molar refractivity (Wildman–Crippen MR) is 122 cm³/mol. The van der Waals surface area contributed by atoms with Crippen molar-refractivity contribution >= 4 is 21.8 Å². The van der Waals surface area contributed by atoms with E-state index in [0.29, 0.717) is 35.8 Å². The number of aryl methyl sites for hydroxylation is 1. The van der Waals surface area contributed by atoms with Crippen LogP contribution < -0.4 is 14.2 Å². The smallest absolute Gasteiger partial charge is 0.301 e. The molecule has 9 nitrogen and oxygen atoms in total. The number of methoxy groups -OCH3 is 2. The van der Waals surface area contributed by atoms with Gasteiger partial charge in [0.2, 0.25) is 0 Å². The molecule has 1 heterocycles. The van der Waals surface area contributed by atoms with Gasteiger partial charge in [0.05, 0.1) is 31.5 Å². The molecule has 1 fully saturated rings. The Balaban J connectivity index is 1.76. The monoisotopic (exact) mass is 463 g/mol. The third-order valence-corrected chi connectivity index (χ3v) is 6.78. The second-order valence-electron chi connectivity index (χ2n) is 7.71. The number of amides is 1. The fraction of sp³-hybridized carbons (Fsp3) is 0.409. The van der Waals surface area contributed by atoms with Gasteiger partial charge in [0.15, 0.2) is 0 Å². The van der Waals surface area contributed by atoms with Crippen LogP contribution in [0, 0.1) is 6.92 Å². The summed E-state index contributed by atoms with van der Waals surface area (Å²) in [7, 11) is 2.37. The van der Waals surface area contributed by atoms with E-state index >= 15 is 0 Å². The first kappa shape index (κ1) is 23.8. The van der Waals surface area contributed by atoms with E-state index in [1.165, 1.54) is 21.2 Å². The average molecular weight is 464 g/mol. The first-order valence-electron chi connectivity index (χ1n) is 10.1.